The van der Waals surface area contributed by atoms with E-state index in [1.165, 1.54) is 0 Å². The number of ether oxygens (including phenoxy) is 2. The number of nitrogens with one attached hydrogen (secondary N) is 2. The summed E-state index contributed by atoms with van der Waals surface area (Å²) in [5, 5.41) is 5.31. The quantitative estimate of drug-likeness (QED) is 0.822. The lowest BCUT2D eigenvalue weighted by atomic mass is 10.1. The number of amides is 2. The zero-order valence-electron chi connectivity index (χ0n) is 14.6. The summed E-state index contributed by atoms with van der Waals surface area (Å²) >= 11 is 0. The van der Waals surface area contributed by atoms with Crippen molar-refractivity contribution in [3.63, 3.8) is 0 Å². The van der Waals surface area contributed by atoms with E-state index in [9.17, 15) is 9.59 Å². The molecule has 6 heteroatoms. The van der Waals surface area contributed by atoms with E-state index in [0.29, 0.717) is 17.8 Å². The van der Waals surface area contributed by atoms with Crippen molar-refractivity contribution >= 4 is 23.6 Å². The number of anilines is 2. The van der Waals surface area contributed by atoms with Gasteiger partial charge in [0.25, 0.3) is 0 Å². The van der Waals surface area contributed by atoms with Gasteiger partial charge in [0.15, 0.2) is 6.10 Å². The minimum absolute atomic E-state index is 0.429. The number of carbonyl (C=O) groups excluding carboxylic acids is 2. The Balaban J connectivity index is 1.60. The fourth-order valence-electron chi connectivity index (χ4n) is 2.55. The van der Waals surface area contributed by atoms with Crippen LogP contribution in [0.2, 0.25) is 0 Å². The van der Waals surface area contributed by atoms with Crippen molar-refractivity contribution in [2.24, 2.45) is 0 Å². The van der Waals surface area contributed by atoms with Crippen molar-refractivity contribution in [1.82, 2.24) is 0 Å². The number of carbonyl (C=O) groups is 2. The molecule has 0 aromatic heterocycles. The van der Waals surface area contributed by atoms with Gasteiger partial charge in [0, 0.05) is 17.8 Å². The van der Waals surface area contributed by atoms with Gasteiger partial charge < -0.3 is 9.47 Å². The van der Waals surface area contributed by atoms with Crippen LogP contribution in [0.15, 0.2) is 85.0 Å². The molecule has 2 unspecified atom stereocenters. The molecule has 0 fully saturated rings. The van der Waals surface area contributed by atoms with Crippen molar-refractivity contribution in [2.75, 3.05) is 10.6 Å². The molecule has 2 atom stereocenters. The summed E-state index contributed by atoms with van der Waals surface area (Å²) in [5.74, 6) is 0. The third kappa shape index (κ3) is 5.74. The molecule has 0 heterocycles. The third-order valence-corrected chi connectivity index (χ3v) is 3.82. The second kappa shape index (κ2) is 9.24. The van der Waals surface area contributed by atoms with Crippen LogP contribution < -0.4 is 10.6 Å². The van der Waals surface area contributed by atoms with Crippen LogP contribution >= 0.6 is 0 Å². The van der Waals surface area contributed by atoms with Gasteiger partial charge in [-0.3, -0.25) is 10.6 Å². The minimum atomic E-state index is -0.703. The molecule has 138 valence electrons. The normalized spacial score (nSPS) is 18.2. The number of para-hydroxylation sites is 2. The van der Waals surface area contributed by atoms with Crippen LogP contribution in [-0.4, -0.2) is 24.4 Å². The van der Waals surface area contributed by atoms with Crippen molar-refractivity contribution in [3.05, 3.63) is 85.0 Å². The Labute approximate surface area is 157 Å². The Bertz CT molecular complexity index is 819. The predicted octanol–water partition coefficient (Wildman–Crippen LogP) is 4.74. The van der Waals surface area contributed by atoms with Crippen molar-refractivity contribution in [2.45, 2.75) is 18.6 Å². The molecule has 1 aliphatic carbocycles. The summed E-state index contributed by atoms with van der Waals surface area (Å²) in [6.45, 7) is 0. The van der Waals surface area contributed by atoms with E-state index in [1.54, 1.807) is 36.4 Å². The Hall–Kier alpha value is -3.54. The highest BCUT2D eigenvalue weighted by Crippen LogP contribution is 2.17. The summed E-state index contributed by atoms with van der Waals surface area (Å²) in [4.78, 5) is 24.3. The molecular formula is C21H20N2O4. The smallest absolute Gasteiger partial charge is 0.412 e. The SMILES string of the molecule is O=C(Nc1ccccc1)OC1C=CC=CCC1OC(=O)Nc1ccccc1. The lowest BCUT2D eigenvalue weighted by molar-refractivity contribution is 0.0240. The summed E-state index contributed by atoms with van der Waals surface area (Å²) in [7, 11) is 0. The van der Waals surface area contributed by atoms with Crippen molar-refractivity contribution in [3.8, 4) is 0 Å². The van der Waals surface area contributed by atoms with Crippen molar-refractivity contribution in [1.29, 1.82) is 0 Å². The fourth-order valence-corrected chi connectivity index (χ4v) is 2.55. The van der Waals surface area contributed by atoms with E-state index in [2.05, 4.69) is 10.6 Å². The average molecular weight is 364 g/mol. The number of benzene rings is 2. The molecule has 2 amide bonds. The topological polar surface area (TPSA) is 76.7 Å². The standard InChI is InChI=1S/C21H20N2O4/c24-20(22-16-10-4-1-5-11-16)26-18-14-8-3-9-15-19(18)27-21(25)23-17-12-6-2-7-13-17/h1-14,18-19H,15H2,(H,22,24)(H,23,25). The maximum absolute atomic E-state index is 12.2. The van der Waals surface area contributed by atoms with Crippen LogP contribution in [-0.2, 0) is 9.47 Å². The van der Waals surface area contributed by atoms with E-state index >= 15 is 0 Å². The van der Waals surface area contributed by atoms with Gasteiger partial charge in [0.1, 0.15) is 6.10 Å². The Kier molecular flexibility index (Phi) is 6.25. The van der Waals surface area contributed by atoms with Crippen LogP contribution in [0.3, 0.4) is 0 Å². The fraction of sp³-hybridized carbons (Fsp3) is 0.143. The van der Waals surface area contributed by atoms with Crippen LogP contribution in [0.25, 0.3) is 0 Å². The molecule has 2 aromatic carbocycles. The van der Waals surface area contributed by atoms with E-state index in [-0.39, 0.29) is 0 Å². The lowest BCUT2D eigenvalue weighted by Gasteiger charge is -2.23. The predicted molar refractivity (Wildman–Crippen MR) is 104 cm³/mol. The first kappa shape index (κ1) is 18.3. The first-order chi connectivity index (χ1) is 13.2. The average Bonchev–Trinajstić information content (AvgIpc) is 2.88. The maximum atomic E-state index is 12.2. The van der Waals surface area contributed by atoms with Crippen molar-refractivity contribution < 1.29 is 19.1 Å². The van der Waals surface area contributed by atoms with Crippen LogP contribution in [0.5, 0.6) is 0 Å². The van der Waals surface area contributed by atoms with Crippen LogP contribution in [0, 0.1) is 0 Å². The molecule has 2 N–H and O–H groups in total. The molecular weight excluding hydrogens is 344 g/mol. The molecule has 1 aliphatic rings. The summed E-state index contributed by atoms with van der Waals surface area (Å²) in [5.41, 5.74) is 1.25. The maximum Gasteiger partial charge on any atom is 0.412 e. The van der Waals surface area contributed by atoms with Gasteiger partial charge in [-0.15, -0.1) is 0 Å². The summed E-state index contributed by atoms with van der Waals surface area (Å²) in [6, 6.07) is 18.0. The van der Waals surface area contributed by atoms with E-state index in [4.69, 9.17) is 9.47 Å². The largest absolute Gasteiger partial charge is 0.441 e. The summed E-state index contributed by atoms with van der Waals surface area (Å²) in [6.07, 6.45) is 5.00. The molecule has 0 radical (unpaired) electrons. The highest BCUT2D eigenvalue weighted by atomic mass is 16.6. The first-order valence-electron chi connectivity index (χ1n) is 8.59. The van der Waals surface area contributed by atoms with Gasteiger partial charge in [0.05, 0.1) is 0 Å². The van der Waals surface area contributed by atoms with E-state index in [1.807, 2.05) is 48.6 Å². The number of rotatable bonds is 4. The monoisotopic (exact) mass is 364 g/mol. The lowest BCUT2D eigenvalue weighted by Crippen LogP contribution is -2.35. The molecule has 0 saturated heterocycles. The Morgan fingerprint density at radius 1 is 0.778 bits per heavy atom. The third-order valence-electron chi connectivity index (χ3n) is 3.82. The highest BCUT2D eigenvalue weighted by molar-refractivity contribution is 5.85. The van der Waals surface area contributed by atoms with Gasteiger partial charge in [-0.1, -0.05) is 54.6 Å². The number of hydrogen-bond acceptors (Lipinski definition) is 4. The molecule has 0 bridgehead atoms. The molecule has 0 spiro atoms. The number of hydrogen-bond donors (Lipinski definition) is 2. The summed E-state index contributed by atoms with van der Waals surface area (Å²) < 4.78 is 10.9. The van der Waals surface area contributed by atoms with E-state index < -0.39 is 24.4 Å². The van der Waals surface area contributed by atoms with Gasteiger partial charge in [0.2, 0.25) is 0 Å². The molecule has 0 aliphatic heterocycles. The van der Waals surface area contributed by atoms with Gasteiger partial charge >= 0.3 is 12.2 Å². The van der Waals surface area contributed by atoms with Gasteiger partial charge in [-0.25, -0.2) is 9.59 Å². The number of allylic oxidation sites excluding steroid dienone is 2. The zero-order chi connectivity index (χ0) is 18.9. The Morgan fingerprint density at radius 3 is 1.93 bits per heavy atom. The van der Waals surface area contributed by atoms with Gasteiger partial charge in [-0.2, -0.15) is 0 Å². The van der Waals surface area contributed by atoms with Crippen LogP contribution in [0.4, 0.5) is 21.0 Å². The molecule has 0 saturated carbocycles. The van der Waals surface area contributed by atoms with Gasteiger partial charge in [-0.05, 0) is 30.3 Å². The molecule has 6 nitrogen and oxygen atoms in total. The highest BCUT2D eigenvalue weighted by Gasteiger charge is 2.27. The Morgan fingerprint density at radius 2 is 1.33 bits per heavy atom. The van der Waals surface area contributed by atoms with Crippen LogP contribution in [0.1, 0.15) is 6.42 Å². The second-order valence-corrected chi connectivity index (χ2v) is 5.84. The van der Waals surface area contributed by atoms with E-state index in [0.717, 1.165) is 0 Å². The molecule has 3 rings (SSSR count). The molecule has 27 heavy (non-hydrogen) atoms. The zero-order valence-corrected chi connectivity index (χ0v) is 14.6. The first-order valence-corrected chi connectivity index (χ1v) is 8.59. The minimum Gasteiger partial charge on any atom is -0.441 e. The molecule has 2 aromatic rings. The second-order valence-electron chi connectivity index (χ2n) is 5.84.